The number of carboxylic acids is 1. The van der Waals surface area contributed by atoms with Gasteiger partial charge in [-0.25, -0.2) is 4.39 Å². The van der Waals surface area contributed by atoms with Crippen molar-refractivity contribution in [2.45, 2.75) is 13.8 Å². The van der Waals surface area contributed by atoms with Crippen LogP contribution in [0.1, 0.15) is 17.0 Å². The number of carboxylic acid groups (broad SMARTS) is 1. The van der Waals surface area contributed by atoms with E-state index in [2.05, 4.69) is 0 Å². The number of aliphatic carboxylic acids is 1. The highest BCUT2D eigenvalue weighted by Gasteiger charge is 2.36. The van der Waals surface area contributed by atoms with Crippen LogP contribution in [0.3, 0.4) is 0 Å². The van der Waals surface area contributed by atoms with Crippen LogP contribution in [-0.2, 0) is 9.59 Å². The summed E-state index contributed by atoms with van der Waals surface area (Å²) < 4.78 is 15.1. The Balaban J connectivity index is 1.96. The number of aromatic nitrogens is 1. The number of thioether (sulfide) groups is 1. The molecule has 8 heteroatoms. The molecule has 2 amide bonds. The van der Waals surface area contributed by atoms with Gasteiger partial charge in [0.2, 0.25) is 0 Å². The van der Waals surface area contributed by atoms with E-state index in [1.54, 1.807) is 18.2 Å². The second-order valence-electron chi connectivity index (χ2n) is 5.80. The van der Waals surface area contributed by atoms with Crippen LogP contribution in [0.25, 0.3) is 11.8 Å². The zero-order chi connectivity index (χ0) is 19.0. The Morgan fingerprint density at radius 1 is 1.23 bits per heavy atom. The van der Waals surface area contributed by atoms with Crippen LogP contribution in [-0.4, -0.2) is 38.2 Å². The van der Waals surface area contributed by atoms with E-state index < -0.39 is 23.7 Å². The number of hydrogen-bond acceptors (Lipinski definition) is 4. The fourth-order valence-electron chi connectivity index (χ4n) is 2.83. The number of imide groups is 1. The average Bonchev–Trinajstić information content (AvgIpc) is 2.99. The van der Waals surface area contributed by atoms with E-state index in [0.29, 0.717) is 16.7 Å². The van der Waals surface area contributed by atoms with Crippen molar-refractivity contribution in [2.75, 3.05) is 6.54 Å². The summed E-state index contributed by atoms with van der Waals surface area (Å²) in [7, 11) is 0. The van der Waals surface area contributed by atoms with Gasteiger partial charge in [-0.1, -0.05) is 0 Å². The number of carbonyl (C=O) groups is 3. The van der Waals surface area contributed by atoms with Crippen LogP contribution in [0.15, 0.2) is 35.2 Å². The average molecular weight is 374 g/mol. The highest BCUT2D eigenvalue weighted by molar-refractivity contribution is 8.18. The van der Waals surface area contributed by atoms with Crippen molar-refractivity contribution in [1.82, 2.24) is 9.47 Å². The monoisotopic (exact) mass is 374 g/mol. The summed E-state index contributed by atoms with van der Waals surface area (Å²) in [5.41, 5.74) is 3.21. The first kappa shape index (κ1) is 17.9. The van der Waals surface area contributed by atoms with Crippen molar-refractivity contribution in [2.24, 2.45) is 0 Å². The van der Waals surface area contributed by atoms with Gasteiger partial charge in [-0.2, -0.15) is 0 Å². The van der Waals surface area contributed by atoms with Gasteiger partial charge in [0.05, 0.1) is 4.91 Å². The zero-order valence-electron chi connectivity index (χ0n) is 14.0. The second kappa shape index (κ2) is 6.80. The van der Waals surface area contributed by atoms with E-state index in [0.717, 1.165) is 22.6 Å². The van der Waals surface area contributed by atoms with Gasteiger partial charge in [-0.15, -0.1) is 0 Å². The fraction of sp³-hybridized carbons (Fsp3) is 0.167. The second-order valence-corrected chi connectivity index (χ2v) is 6.79. The first-order valence-electron chi connectivity index (χ1n) is 7.70. The van der Waals surface area contributed by atoms with E-state index >= 15 is 0 Å². The number of halogens is 1. The van der Waals surface area contributed by atoms with Gasteiger partial charge < -0.3 is 9.67 Å². The highest BCUT2D eigenvalue weighted by atomic mass is 32.2. The lowest BCUT2D eigenvalue weighted by Gasteiger charge is -2.09. The molecule has 1 aromatic carbocycles. The van der Waals surface area contributed by atoms with Gasteiger partial charge in [0.25, 0.3) is 11.1 Å². The van der Waals surface area contributed by atoms with Gasteiger partial charge in [0.1, 0.15) is 12.4 Å². The summed E-state index contributed by atoms with van der Waals surface area (Å²) >= 11 is 0.717. The van der Waals surface area contributed by atoms with Crippen LogP contribution in [0.4, 0.5) is 9.18 Å². The van der Waals surface area contributed by atoms with Gasteiger partial charge in [0, 0.05) is 17.1 Å². The molecule has 26 heavy (non-hydrogen) atoms. The molecular weight excluding hydrogens is 359 g/mol. The van der Waals surface area contributed by atoms with Gasteiger partial charge in [-0.3, -0.25) is 19.3 Å². The maximum atomic E-state index is 13.1. The standard InChI is InChI=1S/C18H15FN2O4S/c1-10-7-12(11(2)21(10)14-5-3-13(19)4-6-14)8-15-17(24)20(9-16(22)23)18(25)26-15/h3-8H,9H2,1-2H3,(H,22,23)/b15-8+. The molecular formula is C18H15FN2O4S. The number of aryl methyl sites for hydroxylation is 1. The van der Waals surface area contributed by atoms with Crippen molar-refractivity contribution < 1.29 is 23.9 Å². The van der Waals surface area contributed by atoms with Crippen molar-refractivity contribution in [3.05, 3.63) is 58.0 Å². The third-order valence-corrected chi connectivity index (χ3v) is 4.92. The van der Waals surface area contributed by atoms with Crippen molar-refractivity contribution >= 4 is 35.0 Å². The van der Waals surface area contributed by atoms with Crippen LogP contribution >= 0.6 is 11.8 Å². The van der Waals surface area contributed by atoms with Crippen molar-refractivity contribution in [3.63, 3.8) is 0 Å². The minimum atomic E-state index is -1.25. The molecule has 0 radical (unpaired) electrons. The topological polar surface area (TPSA) is 79.6 Å². The molecule has 0 saturated carbocycles. The van der Waals surface area contributed by atoms with Crippen LogP contribution in [0, 0.1) is 19.7 Å². The molecule has 1 saturated heterocycles. The lowest BCUT2D eigenvalue weighted by Crippen LogP contribution is -2.33. The number of rotatable bonds is 4. The summed E-state index contributed by atoms with van der Waals surface area (Å²) in [6.07, 6.45) is 1.58. The molecule has 1 aliphatic rings. The van der Waals surface area contributed by atoms with Crippen molar-refractivity contribution in [1.29, 1.82) is 0 Å². The maximum absolute atomic E-state index is 13.1. The summed E-state index contributed by atoms with van der Waals surface area (Å²) in [6.45, 7) is 3.07. The molecule has 134 valence electrons. The van der Waals surface area contributed by atoms with Gasteiger partial charge in [0.15, 0.2) is 0 Å². The predicted octanol–water partition coefficient (Wildman–Crippen LogP) is 3.35. The number of hydrogen-bond donors (Lipinski definition) is 1. The summed E-state index contributed by atoms with van der Waals surface area (Å²) in [4.78, 5) is 35.8. The summed E-state index contributed by atoms with van der Waals surface area (Å²) in [6, 6.07) is 7.89. The molecule has 1 fully saturated rings. The largest absolute Gasteiger partial charge is 0.480 e. The maximum Gasteiger partial charge on any atom is 0.323 e. The number of amides is 2. The molecule has 0 spiro atoms. The number of carbonyl (C=O) groups excluding carboxylic acids is 2. The summed E-state index contributed by atoms with van der Waals surface area (Å²) in [5, 5.41) is 8.21. The number of nitrogens with zero attached hydrogens (tertiary/aromatic N) is 2. The molecule has 1 aromatic heterocycles. The first-order chi connectivity index (χ1) is 12.3. The normalized spacial score (nSPS) is 16.0. The fourth-order valence-corrected chi connectivity index (χ4v) is 3.66. The molecule has 0 atom stereocenters. The molecule has 0 aliphatic carbocycles. The van der Waals surface area contributed by atoms with E-state index in [1.807, 2.05) is 24.5 Å². The Bertz CT molecular complexity index is 947. The van der Waals surface area contributed by atoms with E-state index in [4.69, 9.17) is 5.11 Å². The van der Waals surface area contributed by atoms with Crippen LogP contribution in [0.2, 0.25) is 0 Å². The minimum Gasteiger partial charge on any atom is -0.480 e. The van der Waals surface area contributed by atoms with Gasteiger partial charge >= 0.3 is 5.97 Å². The minimum absolute atomic E-state index is 0.176. The first-order valence-corrected chi connectivity index (χ1v) is 8.51. The Labute approximate surface area is 152 Å². The quantitative estimate of drug-likeness (QED) is 0.830. The third-order valence-electron chi connectivity index (χ3n) is 4.01. The van der Waals surface area contributed by atoms with Gasteiger partial charge in [-0.05, 0) is 67.6 Å². The lowest BCUT2D eigenvalue weighted by molar-refractivity contribution is -0.140. The van der Waals surface area contributed by atoms with E-state index in [1.165, 1.54) is 12.1 Å². The molecule has 0 unspecified atom stereocenters. The Morgan fingerprint density at radius 2 is 1.88 bits per heavy atom. The Hall–Kier alpha value is -2.87. The lowest BCUT2D eigenvalue weighted by atomic mass is 10.2. The number of benzene rings is 1. The molecule has 6 nitrogen and oxygen atoms in total. The SMILES string of the molecule is Cc1cc(/C=C2/SC(=O)N(CC(=O)O)C2=O)c(C)n1-c1ccc(F)cc1. The highest BCUT2D eigenvalue weighted by Crippen LogP contribution is 2.33. The summed E-state index contributed by atoms with van der Waals surface area (Å²) in [5.74, 6) is -2.19. The zero-order valence-corrected chi connectivity index (χ0v) is 14.8. The Kier molecular flexibility index (Phi) is 4.69. The molecule has 2 aromatic rings. The third kappa shape index (κ3) is 3.28. The predicted molar refractivity (Wildman–Crippen MR) is 95.5 cm³/mol. The molecule has 1 N–H and O–H groups in total. The Morgan fingerprint density at radius 3 is 2.50 bits per heavy atom. The van der Waals surface area contributed by atoms with E-state index in [-0.39, 0.29) is 10.7 Å². The molecule has 1 aliphatic heterocycles. The molecule has 0 bridgehead atoms. The van der Waals surface area contributed by atoms with E-state index in [9.17, 15) is 18.8 Å². The van der Waals surface area contributed by atoms with Crippen molar-refractivity contribution in [3.8, 4) is 5.69 Å². The smallest absolute Gasteiger partial charge is 0.323 e. The van der Waals surface area contributed by atoms with Crippen LogP contribution in [0.5, 0.6) is 0 Å². The van der Waals surface area contributed by atoms with Crippen LogP contribution < -0.4 is 0 Å². The molecule has 2 heterocycles. The molecule has 3 rings (SSSR count).